The van der Waals surface area contributed by atoms with Crippen LogP contribution < -0.4 is 4.74 Å². The average Bonchev–Trinajstić information content (AvgIpc) is 2.43. The number of benzene rings is 2. The molecule has 0 aliphatic heterocycles. The van der Waals surface area contributed by atoms with Crippen LogP contribution in [0.25, 0.3) is 0 Å². The Bertz CT molecular complexity index is 708. The summed E-state index contributed by atoms with van der Waals surface area (Å²) in [7, 11) is -3.89. The fourth-order valence-corrected chi connectivity index (χ4v) is 3.12. The summed E-state index contributed by atoms with van der Waals surface area (Å²) in [6.07, 6.45) is 0. The highest BCUT2D eigenvalue weighted by Gasteiger charge is 2.23. The van der Waals surface area contributed by atoms with Gasteiger partial charge >= 0.3 is 0 Å². The van der Waals surface area contributed by atoms with Gasteiger partial charge in [-0.05, 0) is 19.1 Å². The van der Waals surface area contributed by atoms with Gasteiger partial charge in [-0.25, -0.2) is 8.42 Å². The van der Waals surface area contributed by atoms with E-state index < -0.39 is 15.6 Å². The second kappa shape index (κ2) is 5.42. The molecule has 0 aliphatic rings. The molecule has 0 heterocycles. The Morgan fingerprint density at radius 2 is 1.70 bits per heavy atom. The minimum Gasteiger partial charge on any atom is -0.506 e. The number of rotatable bonds is 4. The van der Waals surface area contributed by atoms with Crippen LogP contribution in [0.3, 0.4) is 0 Å². The first-order chi connectivity index (χ1) is 9.46. The average molecular weight is 294 g/mol. The quantitative estimate of drug-likeness (QED) is 0.845. The molecule has 0 radical (unpaired) electrons. The third kappa shape index (κ3) is 2.55. The number of hydrogen-bond donors (Lipinski definition) is 2. The molecule has 2 N–H and O–H groups in total. The van der Waals surface area contributed by atoms with Gasteiger partial charge in [-0.3, -0.25) is 0 Å². The molecule has 2 aromatic carbocycles. The molecular formula is C14H14O5S. The van der Waals surface area contributed by atoms with E-state index in [2.05, 4.69) is 0 Å². The highest BCUT2D eigenvalue weighted by Crippen LogP contribution is 2.38. The maximum Gasteiger partial charge on any atom is 0.210 e. The molecule has 0 spiro atoms. The first-order valence-corrected chi connectivity index (χ1v) is 7.44. The van der Waals surface area contributed by atoms with Gasteiger partial charge in [-0.15, -0.1) is 0 Å². The Hall–Kier alpha value is -2.21. The van der Waals surface area contributed by atoms with E-state index in [0.717, 1.165) is 12.1 Å². The predicted octanol–water partition coefficient (Wildman–Crippen LogP) is 2.33. The summed E-state index contributed by atoms with van der Waals surface area (Å²) >= 11 is 0. The van der Waals surface area contributed by atoms with Gasteiger partial charge in [-0.2, -0.15) is 0 Å². The van der Waals surface area contributed by atoms with Crippen LogP contribution in [0, 0.1) is 0 Å². The lowest BCUT2D eigenvalue weighted by molar-refractivity contribution is 0.314. The van der Waals surface area contributed by atoms with Crippen LogP contribution in [0.15, 0.2) is 52.3 Å². The van der Waals surface area contributed by atoms with E-state index in [1.165, 1.54) is 12.1 Å². The van der Waals surface area contributed by atoms with Gasteiger partial charge in [-0.1, -0.05) is 18.2 Å². The Kier molecular flexibility index (Phi) is 3.85. The van der Waals surface area contributed by atoms with Gasteiger partial charge in [0.05, 0.1) is 11.5 Å². The molecule has 0 fully saturated rings. The highest BCUT2D eigenvalue weighted by atomic mass is 32.2. The Labute approximate surface area is 117 Å². The number of sulfone groups is 1. The summed E-state index contributed by atoms with van der Waals surface area (Å²) in [6.45, 7) is 2.00. The van der Waals surface area contributed by atoms with E-state index in [1.807, 2.05) is 0 Å². The molecule has 0 unspecified atom stereocenters. The smallest absolute Gasteiger partial charge is 0.210 e. The van der Waals surface area contributed by atoms with Crippen LogP contribution in [0.5, 0.6) is 17.2 Å². The van der Waals surface area contributed by atoms with E-state index in [4.69, 9.17) is 4.74 Å². The van der Waals surface area contributed by atoms with Crippen molar-refractivity contribution in [3.63, 3.8) is 0 Å². The lowest BCUT2D eigenvalue weighted by atomic mass is 10.3. The minimum atomic E-state index is -3.89. The number of hydrogen-bond acceptors (Lipinski definition) is 5. The van der Waals surface area contributed by atoms with Crippen molar-refractivity contribution >= 4 is 9.84 Å². The fourth-order valence-electron chi connectivity index (χ4n) is 1.75. The summed E-state index contributed by atoms with van der Waals surface area (Å²) in [6, 6.07) is 9.77. The van der Waals surface area contributed by atoms with Gasteiger partial charge < -0.3 is 14.9 Å². The maximum absolute atomic E-state index is 12.4. The van der Waals surface area contributed by atoms with E-state index in [1.54, 1.807) is 25.1 Å². The van der Waals surface area contributed by atoms with Gasteiger partial charge in [0.2, 0.25) is 9.84 Å². The van der Waals surface area contributed by atoms with E-state index in [0.29, 0.717) is 0 Å². The van der Waals surface area contributed by atoms with Crippen LogP contribution in [0.4, 0.5) is 0 Å². The van der Waals surface area contributed by atoms with Gasteiger partial charge in [0, 0.05) is 12.1 Å². The molecule has 6 heteroatoms. The zero-order chi connectivity index (χ0) is 14.8. The molecule has 0 amide bonds. The molecule has 0 saturated carbocycles. The van der Waals surface area contributed by atoms with Crippen molar-refractivity contribution in [1.82, 2.24) is 0 Å². The van der Waals surface area contributed by atoms with E-state index in [-0.39, 0.29) is 27.9 Å². The second-order valence-corrected chi connectivity index (χ2v) is 5.96. The zero-order valence-electron chi connectivity index (χ0n) is 10.8. The second-order valence-electron chi connectivity index (χ2n) is 4.04. The van der Waals surface area contributed by atoms with Crippen molar-refractivity contribution < 1.29 is 23.4 Å². The monoisotopic (exact) mass is 294 g/mol. The molecule has 20 heavy (non-hydrogen) atoms. The maximum atomic E-state index is 12.4. The van der Waals surface area contributed by atoms with Crippen molar-refractivity contribution in [2.24, 2.45) is 0 Å². The van der Waals surface area contributed by atoms with Crippen LogP contribution >= 0.6 is 0 Å². The molecule has 0 saturated heterocycles. The molecule has 2 aromatic rings. The zero-order valence-corrected chi connectivity index (χ0v) is 11.6. The van der Waals surface area contributed by atoms with Crippen molar-refractivity contribution in [3.05, 3.63) is 42.5 Å². The molecule has 0 bridgehead atoms. The minimum absolute atomic E-state index is 0.0389. The lowest BCUT2D eigenvalue weighted by Crippen LogP contribution is -2.03. The molecule has 2 rings (SSSR count). The van der Waals surface area contributed by atoms with Gasteiger partial charge in [0.15, 0.2) is 11.5 Å². The van der Waals surface area contributed by atoms with Crippen LogP contribution in [-0.2, 0) is 9.84 Å². The number of ether oxygens (including phenoxy) is 1. The normalized spacial score (nSPS) is 11.2. The van der Waals surface area contributed by atoms with Crippen LogP contribution in [0.2, 0.25) is 0 Å². The third-order valence-electron chi connectivity index (χ3n) is 2.68. The van der Waals surface area contributed by atoms with E-state index >= 15 is 0 Å². The molecule has 0 aliphatic carbocycles. The summed E-state index contributed by atoms with van der Waals surface area (Å²) in [5, 5.41) is 19.6. The van der Waals surface area contributed by atoms with Crippen LogP contribution in [0.1, 0.15) is 6.92 Å². The molecule has 0 atom stereocenters. The van der Waals surface area contributed by atoms with Crippen molar-refractivity contribution in [2.45, 2.75) is 16.7 Å². The SMILES string of the molecule is CCOc1cc(O)c(S(=O)(=O)c2ccccc2)cc1O. The lowest BCUT2D eigenvalue weighted by Gasteiger charge is -2.11. The topological polar surface area (TPSA) is 83.8 Å². The summed E-state index contributed by atoms with van der Waals surface area (Å²) in [5.41, 5.74) is 0. The fraction of sp³-hybridized carbons (Fsp3) is 0.143. The standard InChI is InChI=1S/C14H14O5S/c1-2-19-13-8-12(16)14(9-11(13)15)20(17,18)10-6-4-3-5-7-10/h3-9,15-16H,2H2,1H3. The highest BCUT2D eigenvalue weighted by molar-refractivity contribution is 7.91. The van der Waals surface area contributed by atoms with Crippen molar-refractivity contribution in [1.29, 1.82) is 0 Å². The van der Waals surface area contributed by atoms with Gasteiger partial charge in [0.1, 0.15) is 10.6 Å². The molecular weight excluding hydrogens is 280 g/mol. The number of aromatic hydroxyl groups is 2. The molecule has 5 nitrogen and oxygen atoms in total. The number of phenolic OH excluding ortho intramolecular Hbond substituents is 2. The van der Waals surface area contributed by atoms with Crippen molar-refractivity contribution in [2.75, 3.05) is 6.61 Å². The Morgan fingerprint density at radius 3 is 2.30 bits per heavy atom. The molecule has 106 valence electrons. The van der Waals surface area contributed by atoms with Crippen molar-refractivity contribution in [3.8, 4) is 17.2 Å². The Morgan fingerprint density at radius 1 is 1.05 bits per heavy atom. The third-order valence-corrected chi connectivity index (χ3v) is 4.48. The van der Waals surface area contributed by atoms with Gasteiger partial charge in [0.25, 0.3) is 0 Å². The predicted molar refractivity (Wildman–Crippen MR) is 72.8 cm³/mol. The largest absolute Gasteiger partial charge is 0.506 e. The first-order valence-electron chi connectivity index (χ1n) is 5.95. The summed E-state index contributed by atoms with van der Waals surface area (Å²) in [5.74, 6) is -0.758. The number of phenols is 2. The first kappa shape index (κ1) is 14.2. The van der Waals surface area contributed by atoms with E-state index in [9.17, 15) is 18.6 Å². The summed E-state index contributed by atoms with van der Waals surface area (Å²) < 4.78 is 29.8. The Balaban J connectivity index is 2.56. The molecule has 0 aromatic heterocycles. The van der Waals surface area contributed by atoms with Crippen LogP contribution in [-0.4, -0.2) is 25.2 Å². The summed E-state index contributed by atoms with van der Waals surface area (Å²) in [4.78, 5) is -0.316.